The van der Waals surface area contributed by atoms with Gasteiger partial charge in [0.05, 0.1) is 25.7 Å². The van der Waals surface area contributed by atoms with Gasteiger partial charge in [-0.25, -0.2) is 4.79 Å². The van der Waals surface area contributed by atoms with Gasteiger partial charge in [0.1, 0.15) is 23.7 Å². The van der Waals surface area contributed by atoms with Crippen LogP contribution >= 0.6 is 0 Å². The fraction of sp³-hybridized carbons (Fsp3) is 0.615. The van der Waals surface area contributed by atoms with Crippen LogP contribution in [0.5, 0.6) is 0 Å². The average Bonchev–Trinajstić information content (AvgIpc) is 3.59. The number of ether oxygens (including phenoxy) is 1. The molecule has 1 fully saturated rings. The number of likely N-dealkylation sites (tertiary alicyclic amines) is 1. The summed E-state index contributed by atoms with van der Waals surface area (Å²) >= 11 is 0. The first-order valence-electron chi connectivity index (χ1n) is 19.1. The molecule has 4 atom stereocenters. The maximum atomic E-state index is 13.8. The molecule has 1 aromatic carbocycles. The minimum absolute atomic E-state index is 0.0434. The van der Waals surface area contributed by atoms with Crippen molar-refractivity contribution in [2.45, 2.75) is 110 Å². The molecule has 1 aromatic rings. The lowest BCUT2D eigenvalue weighted by Crippen LogP contribution is -2.54. The third-order valence-electron chi connectivity index (χ3n) is 9.87. The van der Waals surface area contributed by atoms with Crippen molar-refractivity contribution in [3.63, 3.8) is 0 Å². The molecule has 55 heavy (non-hydrogen) atoms. The molecule has 1 saturated heterocycles. The number of amides is 6. The number of hydrogen-bond acceptors (Lipinski definition) is 10. The van der Waals surface area contributed by atoms with Gasteiger partial charge < -0.3 is 35.8 Å². The van der Waals surface area contributed by atoms with Gasteiger partial charge in [-0.05, 0) is 49.7 Å². The molecule has 0 saturated carbocycles. The number of fused-ring (bicyclic) bond motifs is 1. The van der Waals surface area contributed by atoms with Crippen LogP contribution in [0.2, 0.25) is 0 Å². The van der Waals surface area contributed by atoms with Crippen LogP contribution < -0.4 is 21.3 Å². The molecule has 6 amide bonds. The first-order valence-corrected chi connectivity index (χ1v) is 19.1. The molecule has 16 heteroatoms. The van der Waals surface area contributed by atoms with Gasteiger partial charge in [0.15, 0.2) is 0 Å². The predicted octanol–water partition coefficient (Wildman–Crippen LogP) is 1.36. The summed E-state index contributed by atoms with van der Waals surface area (Å²) in [6, 6.07) is 5.30. The van der Waals surface area contributed by atoms with Gasteiger partial charge in [0.2, 0.25) is 29.4 Å². The minimum atomic E-state index is -1.25. The van der Waals surface area contributed by atoms with Gasteiger partial charge in [0.25, 0.3) is 5.91 Å². The van der Waals surface area contributed by atoms with Gasteiger partial charge >= 0.3 is 6.09 Å². The van der Waals surface area contributed by atoms with Crippen molar-refractivity contribution in [3.8, 4) is 0 Å². The number of unbranched alkanes of at least 4 members (excludes halogenated alkanes) is 1. The lowest BCUT2D eigenvalue weighted by molar-refractivity contribution is -0.142. The number of hydrogen-bond donors (Lipinski definition) is 4. The van der Waals surface area contributed by atoms with Crippen molar-refractivity contribution in [2.24, 2.45) is 11.8 Å². The molecule has 302 valence electrons. The number of nitrogens with zero attached hydrogens (tertiary/aromatic N) is 2. The molecule has 4 N–H and O–H groups in total. The van der Waals surface area contributed by atoms with Crippen LogP contribution in [0.4, 0.5) is 4.79 Å². The molecule has 0 radical (unpaired) electrons. The highest BCUT2D eigenvalue weighted by Gasteiger charge is 2.43. The normalized spacial score (nSPS) is 17.3. The molecule has 0 spiro atoms. The van der Waals surface area contributed by atoms with Crippen LogP contribution in [-0.4, -0.2) is 114 Å². The van der Waals surface area contributed by atoms with E-state index in [1.54, 1.807) is 32.7 Å². The number of Topliss-reactive ketones (excluding diaryl/α,β-unsaturated/α-hetero) is 3. The molecule has 2 aliphatic rings. The van der Waals surface area contributed by atoms with Crippen LogP contribution in [-0.2, 0) is 56.1 Å². The summed E-state index contributed by atoms with van der Waals surface area (Å²) in [5.74, 6) is -5.48. The molecule has 0 aromatic heterocycles. The quantitative estimate of drug-likeness (QED) is 0.110. The van der Waals surface area contributed by atoms with E-state index >= 15 is 0 Å². The van der Waals surface area contributed by atoms with Gasteiger partial charge in [-0.15, -0.1) is 0 Å². The van der Waals surface area contributed by atoms with E-state index in [9.17, 15) is 43.2 Å². The van der Waals surface area contributed by atoms with Gasteiger partial charge in [0, 0.05) is 51.7 Å². The fourth-order valence-electron chi connectivity index (χ4n) is 6.66. The van der Waals surface area contributed by atoms with E-state index in [0.717, 1.165) is 11.1 Å². The second-order valence-electron chi connectivity index (χ2n) is 14.5. The highest BCUT2D eigenvalue weighted by Crippen LogP contribution is 2.25. The Balaban J connectivity index is 1.71. The summed E-state index contributed by atoms with van der Waals surface area (Å²) < 4.78 is 5.82. The third kappa shape index (κ3) is 13.6. The number of carbonyl (C=O) groups is 9. The monoisotopic (exact) mass is 768 g/mol. The second-order valence-corrected chi connectivity index (χ2v) is 14.5. The minimum Gasteiger partial charge on any atom is -0.444 e. The molecular formula is C39H56N6O10. The first kappa shape index (κ1) is 44.2. The lowest BCUT2D eigenvalue weighted by Gasteiger charge is -2.29. The Bertz CT molecular complexity index is 1600. The Morgan fingerprint density at radius 3 is 2.27 bits per heavy atom. The largest absolute Gasteiger partial charge is 0.444 e. The molecule has 3 rings (SSSR count). The van der Waals surface area contributed by atoms with E-state index in [1.165, 1.54) is 11.8 Å². The predicted molar refractivity (Wildman–Crippen MR) is 200 cm³/mol. The Morgan fingerprint density at radius 1 is 0.927 bits per heavy atom. The third-order valence-corrected chi connectivity index (χ3v) is 9.87. The summed E-state index contributed by atoms with van der Waals surface area (Å²) in [7, 11) is 1.54. The van der Waals surface area contributed by atoms with Crippen molar-refractivity contribution in [1.29, 1.82) is 0 Å². The first-order chi connectivity index (χ1) is 26.1. The summed E-state index contributed by atoms with van der Waals surface area (Å²) in [5.41, 5.74) is 2.12. The van der Waals surface area contributed by atoms with Crippen molar-refractivity contribution in [1.82, 2.24) is 31.1 Å². The van der Waals surface area contributed by atoms with Crippen LogP contribution in [0, 0.1) is 11.8 Å². The Kier molecular flexibility index (Phi) is 17.4. The number of rotatable bonds is 20. The molecule has 2 heterocycles. The van der Waals surface area contributed by atoms with Crippen LogP contribution in [0.15, 0.2) is 24.3 Å². The van der Waals surface area contributed by atoms with E-state index in [0.29, 0.717) is 45.2 Å². The second kappa shape index (κ2) is 21.7. The summed E-state index contributed by atoms with van der Waals surface area (Å²) in [4.78, 5) is 118. The molecule has 3 unspecified atom stereocenters. The number of ketones is 3. The van der Waals surface area contributed by atoms with Gasteiger partial charge in [-0.3, -0.25) is 38.4 Å². The SMILES string of the molecule is CCCC(NC(=O)C1CC(OC(=O)N2CCc3ccccc3C2)CN1C(=O)CNC(=O)[C@@H](CC(=O)CCCCC(=O)NC)C(C)C)C(=O)C(=O)NCC(C)=O. The topological polar surface area (TPSA) is 217 Å². The van der Waals surface area contributed by atoms with Crippen LogP contribution in [0.1, 0.15) is 90.2 Å². The van der Waals surface area contributed by atoms with Crippen molar-refractivity contribution >= 4 is 53.0 Å². The van der Waals surface area contributed by atoms with E-state index in [-0.39, 0.29) is 62.2 Å². The molecule has 2 aliphatic heterocycles. The molecule has 0 aliphatic carbocycles. The molecular weight excluding hydrogens is 712 g/mol. The van der Waals surface area contributed by atoms with Crippen LogP contribution in [0.3, 0.4) is 0 Å². The Hall–Kier alpha value is -5.15. The van der Waals surface area contributed by atoms with E-state index in [1.807, 2.05) is 24.3 Å². The van der Waals surface area contributed by atoms with E-state index < -0.39 is 66.2 Å². The highest BCUT2D eigenvalue weighted by atomic mass is 16.6. The van der Waals surface area contributed by atoms with Crippen molar-refractivity contribution in [3.05, 3.63) is 35.4 Å². The lowest BCUT2D eigenvalue weighted by atomic mass is 9.88. The van der Waals surface area contributed by atoms with Gasteiger partial charge in [-0.1, -0.05) is 51.5 Å². The van der Waals surface area contributed by atoms with Crippen molar-refractivity contribution in [2.75, 3.05) is 33.2 Å². The summed E-state index contributed by atoms with van der Waals surface area (Å²) in [5, 5.41) is 9.97. The smallest absolute Gasteiger partial charge is 0.410 e. The van der Waals surface area contributed by atoms with E-state index in [2.05, 4.69) is 21.3 Å². The molecule has 0 bridgehead atoms. The zero-order chi connectivity index (χ0) is 40.7. The maximum Gasteiger partial charge on any atom is 0.410 e. The van der Waals surface area contributed by atoms with Gasteiger partial charge in [-0.2, -0.15) is 0 Å². The van der Waals surface area contributed by atoms with Crippen LogP contribution in [0.25, 0.3) is 0 Å². The summed E-state index contributed by atoms with van der Waals surface area (Å²) in [6.45, 7) is 6.31. The average molecular weight is 769 g/mol. The summed E-state index contributed by atoms with van der Waals surface area (Å²) in [6.07, 6.45) is 1.05. The number of benzene rings is 1. The number of nitrogens with one attached hydrogen (secondary N) is 4. The Morgan fingerprint density at radius 2 is 1.62 bits per heavy atom. The molecule has 16 nitrogen and oxygen atoms in total. The maximum absolute atomic E-state index is 13.8. The standard InChI is InChI=1S/C39H56N6O10/c1-6-11-31(35(50)38(53)41-20-25(4)46)43-37(52)32-19-29(55-39(54)44-17-16-26-12-7-8-13-27(26)22-44)23-45(32)34(49)21-42-36(51)30(24(2)3)18-28(47)14-9-10-15-33(48)40-5/h7-8,12-13,24,29-32H,6,9-11,14-23H2,1-5H3,(H,40,48)(H,41,53)(H,42,51)(H,43,52)/t29?,30-,31?,32?/m0/s1. The Labute approximate surface area is 322 Å². The highest BCUT2D eigenvalue weighted by molar-refractivity contribution is 6.38. The number of carbonyl (C=O) groups excluding carboxylic acids is 9. The zero-order valence-electron chi connectivity index (χ0n) is 32.6. The van der Waals surface area contributed by atoms with E-state index in [4.69, 9.17) is 4.74 Å². The van der Waals surface area contributed by atoms with Crippen molar-refractivity contribution < 1.29 is 47.9 Å². The zero-order valence-corrected chi connectivity index (χ0v) is 32.6. The fourth-order valence-corrected chi connectivity index (χ4v) is 6.66.